The number of ether oxygens (including phenoxy) is 2. The van der Waals surface area contributed by atoms with Gasteiger partial charge in [-0.15, -0.1) is 0 Å². The van der Waals surface area contributed by atoms with Crippen LogP contribution in [-0.4, -0.2) is 66.0 Å². The van der Waals surface area contributed by atoms with Crippen molar-refractivity contribution in [1.29, 1.82) is 0 Å². The number of β-amino-alcohol motifs (C(OH)–C–C–N with tert-alkyl or cyclic N) is 1. The van der Waals surface area contributed by atoms with Crippen LogP contribution in [0.2, 0.25) is 10.0 Å². The van der Waals surface area contributed by atoms with Gasteiger partial charge in [0.25, 0.3) is 5.91 Å². The Kier molecular flexibility index (Phi) is 6.72. The van der Waals surface area contributed by atoms with E-state index in [1.807, 2.05) is 18.2 Å². The Labute approximate surface area is 196 Å². The molecule has 3 N–H and O–H groups in total. The van der Waals surface area contributed by atoms with Gasteiger partial charge in [-0.25, -0.2) is 0 Å². The van der Waals surface area contributed by atoms with E-state index in [0.717, 1.165) is 48.7 Å². The van der Waals surface area contributed by atoms with Crippen molar-refractivity contribution >= 4 is 29.1 Å². The van der Waals surface area contributed by atoms with Crippen molar-refractivity contribution in [3.05, 3.63) is 51.5 Å². The van der Waals surface area contributed by atoms with Crippen LogP contribution < -0.4 is 14.8 Å². The average molecular weight is 481 g/mol. The highest BCUT2D eigenvalue weighted by atomic mass is 35.5. The van der Waals surface area contributed by atoms with Crippen molar-refractivity contribution in [3.63, 3.8) is 0 Å². The lowest BCUT2D eigenvalue weighted by Gasteiger charge is -2.39. The minimum Gasteiger partial charge on any atom is -0.506 e. The Morgan fingerprint density at radius 1 is 1.28 bits per heavy atom. The summed E-state index contributed by atoms with van der Waals surface area (Å²) in [6.07, 6.45) is 1.81. The molecular formula is C23H26Cl2N2O5. The number of aromatic hydroxyl groups is 1. The number of aliphatic hydroxyl groups excluding tert-OH is 1. The first-order valence-electron chi connectivity index (χ1n) is 10.5. The zero-order valence-corrected chi connectivity index (χ0v) is 19.2. The second-order valence-electron chi connectivity index (χ2n) is 8.36. The molecule has 1 atom stereocenters. The summed E-state index contributed by atoms with van der Waals surface area (Å²) < 4.78 is 11.9. The summed E-state index contributed by atoms with van der Waals surface area (Å²) in [6.45, 7) is 2.00. The number of carbonyl (C=O) groups excluding carboxylic acids is 1. The van der Waals surface area contributed by atoms with Crippen molar-refractivity contribution < 1.29 is 24.5 Å². The number of halogens is 2. The van der Waals surface area contributed by atoms with Crippen LogP contribution >= 0.6 is 23.2 Å². The zero-order valence-electron chi connectivity index (χ0n) is 17.7. The van der Waals surface area contributed by atoms with Crippen LogP contribution in [0.4, 0.5) is 0 Å². The first kappa shape index (κ1) is 23.0. The van der Waals surface area contributed by atoms with Crippen LogP contribution in [0.3, 0.4) is 0 Å². The summed E-state index contributed by atoms with van der Waals surface area (Å²) in [5.74, 6) is 0.494. The third-order valence-electron chi connectivity index (χ3n) is 6.05. The number of nitrogens with one attached hydrogen (secondary N) is 1. The maximum absolute atomic E-state index is 12.1. The van der Waals surface area contributed by atoms with Crippen LogP contribution in [0.5, 0.6) is 17.2 Å². The Morgan fingerprint density at radius 3 is 2.75 bits per heavy atom. The van der Waals surface area contributed by atoms with Gasteiger partial charge in [0.2, 0.25) is 0 Å². The lowest BCUT2D eigenvalue weighted by molar-refractivity contribution is -0.00200. The molecular weight excluding hydrogens is 455 g/mol. The first-order valence-corrected chi connectivity index (χ1v) is 11.3. The highest BCUT2D eigenvalue weighted by Crippen LogP contribution is 2.42. The molecule has 1 fully saturated rings. The monoisotopic (exact) mass is 480 g/mol. The van der Waals surface area contributed by atoms with E-state index >= 15 is 0 Å². The molecule has 0 aromatic heterocycles. The second-order valence-corrected chi connectivity index (χ2v) is 9.20. The van der Waals surface area contributed by atoms with Crippen molar-refractivity contribution in [2.24, 2.45) is 0 Å². The molecule has 2 aromatic carbocycles. The molecule has 0 saturated carbocycles. The molecule has 0 radical (unpaired) electrons. The van der Waals surface area contributed by atoms with Gasteiger partial charge >= 0.3 is 0 Å². The number of fused-ring (bicyclic) bond motifs is 1. The minimum absolute atomic E-state index is 0.0207. The smallest absolute Gasteiger partial charge is 0.254 e. The van der Waals surface area contributed by atoms with E-state index in [-0.39, 0.29) is 34.3 Å². The van der Waals surface area contributed by atoms with Crippen molar-refractivity contribution in [2.75, 3.05) is 33.3 Å². The Bertz CT molecular complexity index is 1010. The third kappa shape index (κ3) is 4.91. The van der Waals surface area contributed by atoms with Gasteiger partial charge in [0.1, 0.15) is 35.6 Å². The molecule has 0 bridgehead atoms. The molecule has 0 unspecified atom stereocenters. The fraction of sp³-hybridized carbons (Fsp3) is 0.435. The molecule has 2 aliphatic heterocycles. The Morgan fingerprint density at radius 2 is 2.03 bits per heavy atom. The number of amides is 1. The molecule has 1 saturated heterocycles. The van der Waals surface area contributed by atoms with Gasteiger partial charge < -0.3 is 29.9 Å². The number of hydrogen-bond acceptors (Lipinski definition) is 6. The van der Waals surface area contributed by atoms with E-state index in [1.54, 1.807) is 0 Å². The lowest BCUT2D eigenvalue weighted by Crippen LogP contribution is -2.49. The molecule has 32 heavy (non-hydrogen) atoms. The molecule has 2 aromatic rings. The molecule has 2 heterocycles. The summed E-state index contributed by atoms with van der Waals surface area (Å²) >= 11 is 12.0. The van der Waals surface area contributed by atoms with Gasteiger partial charge in [0.15, 0.2) is 0 Å². The maximum atomic E-state index is 12.1. The highest BCUT2D eigenvalue weighted by Gasteiger charge is 2.42. The SMILES string of the molecule is CNC(=O)c1cc(Cl)c(O)cc1OC[C@@H](O)CN1CCC2(CC1)Cc1cc(Cl)ccc1O2. The van der Waals surface area contributed by atoms with E-state index in [4.69, 9.17) is 32.7 Å². The Hall–Kier alpha value is -2.19. The van der Waals surface area contributed by atoms with Gasteiger partial charge in [-0.05, 0) is 29.8 Å². The van der Waals surface area contributed by atoms with Crippen LogP contribution in [-0.2, 0) is 6.42 Å². The standard InChI is InChI=1S/C23H26Cl2N2O5/c1-26-22(30)17-9-18(25)19(29)10-21(17)31-13-16(28)12-27-6-4-23(5-7-27)11-14-8-15(24)2-3-20(14)32-23/h2-3,8-10,16,28-29H,4-7,11-13H2,1H3,(H,26,30)/t16-/m0/s1. The van der Waals surface area contributed by atoms with Gasteiger partial charge in [0.05, 0.1) is 10.6 Å². The number of aliphatic hydroxyl groups is 1. The van der Waals surface area contributed by atoms with E-state index in [2.05, 4.69) is 10.2 Å². The quantitative estimate of drug-likeness (QED) is 0.587. The number of piperidine rings is 1. The van der Waals surface area contributed by atoms with Crippen molar-refractivity contribution in [1.82, 2.24) is 10.2 Å². The van der Waals surface area contributed by atoms with E-state index in [1.165, 1.54) is 19.2 Å². The number of benzene rings is 2. The number of phenols is 1. The maximum Gasteiger partial charge on any atom is 0.254 e. The number of rotatable bonds is 6. The van der Waals surface area contributed by atoms with Gasteiger partial charge in [0, 0.05) is 57.0 Å². The predicted octanol–water partition coefficient (Wildman–Crippen LogP) is 3.27. The van der Waals surface area contributed by atoms with Crippen LogP contribution in [0.15, 0.2) is 30.3 Å². The summed E-state index contributed by atoms with van der Waals surface area (Å²) in [5, 5.41) is 23.6. The van der Waals surface area contributed by atoms with Gasteiger partial charge in [-0.1, -0.05) is 23.2 Å². The predicted molar refractivity (Wildman–Crippen MR) is 122 cm³/mol. The lowest BCUT2D eigenvalue weighted by atomic mass is 9.87. The number of nitrogens with zero attached hydrogens (tertiary/aromatic N) is 1. The fourth-order valence-corrected chi connectivity index (χ4v) is 4.69. The molecule has 0 aliphatic carbocycles. The van der Waals surface area contributed by atoms with Crippen LogP contribution in [0.1, 0.15) is 28.8 Å². The largest absolute Gasteiger partial charge is 0.506 e. The third-order valence-corrected chi connectivity index (χ3v) is 6.59. The Balaban J connectivity index is 1.30. The van der Waals surface area contributed by atoms with E-state index in [0.29, 0.717) is 6.54 Å². The van der Waals surface area contributed by atoms with Crippen molar-refractivity contribution in [2.45, 2.75) is 31.0 Å². The summed E-state index contributed by atoms with van der Waals surface area (Å²) in [4.78, 5) is 14.2. The summed E-state index contributed by atoms with van der Waals surface area (Å²) in [5.41, 5.74) is 1.15. The summed E-state index contributed by atoms with van der Waals surface area (Å²) in [6, 6.07) is 8.38. The fourth-order valence-electron chi connectivity index (χ4n) is 4.34. The average Bonchev–Trinajstić information content (AvgIpc) is 3.12. The highest BCUT2D eigenvalue weighted by molar-refractivity contribution is 6.32. The zero-order chi connectivity index (χ0) is 22.9. The topological polar surface area (TPSA) is 91.3 Å². The second kappa shape index (κ2) is 9.35. The molecule has 7 nitrogen and oxygen atoms in total. The minimum atomic E-state index is -0.764. The van der Waals surface area contributed by atoms with Gasteiger partial charge in [-0.2, -0.15) is 0 Å². The molecule has 2 aliphatic rings. The number of phenolic OH excluding ortho intramolecular Hbond substituents is 1. The summed E-state index contributed by atoms with van der Waals surface area (Å²) in [7, 11) is 1.49. The number of hydrogen-bond donors (Lipinski definition) is 3. The normalized spacial score (nSPS) is 18.1. The number of likely N-dealkylation sites (tertiary alicyclic amines) is 1. The molecule has 1 amide bonds. The molecule has 172 valence electrons. The van der Waals surface area contributed by atoms with Crippen LogP contribution in [0.25, 0.3) is 0 Å². The first-order chi connectivity index (χ1) is 15.3. The van der Waals surface area contributed by atoms with Gasteiger partial charge in [-0.3, -0.25) is 4.79 Å². The van der Waals surface area contributed by atoms with Crippen LogP contribution in [0, 0.1) is 0 Å². The number of carbonyl (C=O) groups is 1. The molecule has 4 rings (SSSR count). The molecule has 1 spiro atoms. The molecule has 9 heteroatoms. The van der Waals surface area contributed by atoms with E-state index < -0.39 is 12.0 Å². The van der Waals surface area contributed by atoms with E-state index in [9.17, 15) is 15.0 Å². The van der Waals surface area contributed by atoms with Crippen molar-refractivity contribution in [3.8, 4) is 17.2 Å².